The standard InChI is InChI=1S/C20H33NO/c1-17(2)8-5-9-18(3)10-6-11-19(4)13-15-21-14-7-12-20(21)16-22/h8,10,13,16,20H,5-7,9,11-12,14-15H2,1-4H3. The third kappa shape index (κ3) is 7.74. The minimum absolute atomic E-state index is 0.154. The van der Waals surface area contributed by atoms with Gasteiger partial charge in [-0.1, -0.05) is 34.9 Å². The molecular formula is C20H33NO. The highest BCUT2D eigenvalue weighted by Crippen LogP contribution is 2.16. The van der Waals surface area contributed by atoms with Crippen molar-refractivity contribution in [3.63, 3.8) is 0 Å². The predicted octanol–water partition coefficient (Wildman–Crippen LogP) is 5.07. The summed E-state index contributed by atoms with van der Waals surface area (Å²) in [6, 6.07) is 0.154. The van der Waals surface area contributed by atoms with Gasteiger partial charge in [0.25, 0.3) is 0 Å². The molecule has 0 spiro atoms. The van der Waals surface area contributed by atoms with Crippen LogP contribution in [0.1, 0.15) is 66.2 Å². The van der Waals surface area contributed by atoms with Gasteiger partial charge < -0.3 is 4.79 Å². The molecule has 0 aromatic carbocycles. The number of likely N-dealkylation sites (tertiary alicyclic amines) is 1. The van der Waals surface area contributed by atoms with Crippen molar-refractivity contribution in [2.24, 2.45) is 0 Å². The number of rotatable bonds is 9. The predicted molar refractivity (Wildman–Crippen MR) is 96.1 cm³/mol. The van der Waals surface area contributed by atoms with Gasteiger partial charge in [-0.15, -0.1) is 0 Å². The van der Waals surface area contributed by atoms with Gasteiger partial charge in [0.1, 0.15) is 6.29 Å². The van der Waals surface area contributed by atoms with Gasteiger partial charge in [-0.2, -0.15) is 0 Å². The van der Waals surface area contributed by atoms with Crippen LogP contribution in [0.2, 0.25) is 0 Å². The van der Waals surface area contributed by atoms with Gasteiger partial charge in [0.05, 0.1) is 6.04 Å². The van der Waals surface area contributed by atoms with E-state index in [2.05, 4.69) is 50.8 Å². The first-order valence-electron chi connectivity index (χ1n) is 8.67. The van der Waals surface area contributed by atoms with Crippen LogP contribution in [-0.2, 0) is 4.79 Å². The molecule has 0 amide bonds. The molecule has 124 valence electrons. The van der Waals surface area contributed by atoms with Crippen molar-refractivity contribution in [3.05, 3.63) is 34.9 Å². The third-order valence-electron chi connectivity index (χ3n) is 4.37. The minimum atomic E-state index is 0.154. The Balaban J connectivity index is 2.26. The maximum Gasteiger partial charge on any atom is 0.137 e. The molecule has 2 nitrogen and oxygen atoms in total. The Morgan fingerprint density at radius 1 is 1.00 bits per heavy atom. The molecule has 0 N–H and O–H groups in total. The number of aldehydes is 1. The first-order valence-corrected chi connectivity index (χ1v) is 8.67. The molecule has 0 aromatic heterocycles. The lowest BCUT2D eigenvalue weighted by Crippen LogP contribution is -2.30. The van der Waals surface area contributed by atoms with E-state index in [0.29, 0.717) is 0 Å². The Hall–Kier alpha value is -1.15. The van der Waals surface area contributed by atoms with Crippen LogP contribution in [0.15, 0.2) is 34.9 Å². The van der Waals surface area contributed by atoms with E-state index in [9.17, 15) is 4.79 Å². The van der Waals surface area contributed by atoms with Crippen LogP contribution in [0.5, 0.6) is 0 Å². The molecule has 1 atom stereocenters. The number of hydrogen-bond donors (Lipinski definition) is 0. The lowest BCUT2D eigenvalue weighted by molar-refractivity contribution is -0.111. The molecule has 0 aliphatic carbocycles. The fourth-order valence-electron chi connectivity index (χ4n) is 2.84. The van der Waals surface area contributed by atoms with Crippen molar-refractivity contribution in [1.29, 1.82) is 0 Å². The van der Waals surface area contributed by atoms with Crippen molar-refractivity contribution in [2.45, 2.75) is 72.3 Å². The second-order valence-corrected chi connectivity index (χ2v) is 6.80. The monoisotopic (exact) mass is 303 g/mol. The second kappa shape index (κ2) is 10.6. The first-order chi connectivity index (χ1) is 10.5. The second-order valence-electron chi connectivity index (χ2n) is 6.80. The Labute approximate surface area is 137 Å². The minimum Gasteiger partial charge on any atom is -0.302 e. The van der Waals surface area contributed by atoms with Crippen molar-refractivity contribution in [3.8, 4) is 0 Å². The highest BCUT2D eigenvalue weighted by molar-refractivity contribution is 5.58. The smallest absolute Gasteiger partial charge is 0.137 e. The summed E-state index contributed by atoms with van der Waals surface area (Å²) in [4.78, 5) is 13.3. The highest BCUT2D eigenvalue weighted by Gasteiger charge is 2.22. The molecule has 22 heavy (non-hydrogen) atoms. The molecule has 1 fully saturated rings. The van der Waals surface area contributed by atoms with Crippen molar-refractivity contribution in [2.75, 3.05) is 13.1 Å². The van der Waals surface area contributed by atoms with E-state index in [-0.39, 0.29) is 6.04 Å². The molecule has 0 aromatic rings. The van der Waals surface area contributed by atoms with Gasteiger partial charge in [-0.25, -0.2) is 0 Å². The number of allylic oxidation sites excluding steroid dienone is 5. The van der Waals surface area contributed by atoms with E-state index in [4.69, 9.17) is 0 Å². The van der Waals surface area contributed by atoms with E-state index >= 15 is 0 Å². The fraction of sp³-hybridized carbons (Fsp3) is 0.650. The molecular weight excluding hydrogens is 270 g/mol. The number of carbonyl (C=O) groups excluding carboxylic acids is 1. The first kappa shape index (κ1) is 18.9. The van der Waals surface area contributed by atoms with Gasteiger partial charge in [0.15, 0.2) is 0 Å². The zero-order valence-corrected chi connectivity index (χ0v) is 14.9. The molecule has 0 radical (unpaired) electrons. The lowest BCUT2D eigenvalue weighted by atomic mass is 10.1. The van der Waals surface area contributed by atoms with E-state index in [1.807, 2.05) is 0 Å². The molecule has 2 heteroatoms. The molecule has 1 unspecified atom stereocenters. The van der Waals surface area contributed by atoms with Crippen LogP contribution in [0, 0.1) is 0 Å². The molecule has 0 saturated carbocycles. The third-order valence-corrected chi connectivity index (χ3v) is 4.37. The number of hydrogen-bond acceptors (Lipinski definition) is 2. The van der Waals surface area contributed by atoms with Gasteiger partial charge in [-0.05, 0) is 72.8 Å². The number of nitrogens with zero attached hydrogens (tertiary/aromatic N) is 1. The quantitative estimate of drug-likeness (QED) is 0.438. The van der Waals surface area contributed by atoms with Crippen LogP contribution < -0.4 is 0 Å². The normalized spacial score (nSPS) is 20.3. The Bertz CT molecular complexity index is 427. The maximum absolute atomic E-state index is 11.0. The molecule has 1 saturated heterocycles. The molecule has 1 aliphatic rings. The summed E-state index contributed by atoms with van der Waals surface area (Å²) in [5.74, 6) is 0. The van der Waals surface area contributed by atoms with Crippen LogP contribution in [0.4, 0.5) is 0 Å². The summed E-state index contributed by atoms with van der Waals surface area (Å²) in [6.07, 6.45) is 14.9. The summed E-state index contributed by atoms with van der Waals surface area (Å²) >= 11 is 0. The molecule has 1 heterocycles. The maximum atomic E-state index is 11.0. The zero-order chi connectivity index (χ0) is 16.4. The Morgan fingerprint density at radius 2 is 1.64 bits per heavy atom. The largest absolute Gasteiger partial charge is 0.302 e. The fourth-order valence-corrected chi connectivity index (χ4v) is 2.84. The lowest BCUT2D eigenvalue weighted by Gasteiger charge is -2.18. The van der Waals surface area contributed by atoms with Crippen LogP contribution >= 0.6 is 0 Å². The van der Waals surface area contributed by atoms with E-state index in [1.165, 1.54) is 23.1 Å². The summed E-state index contributed by atoms with van der Waals surface area (Å²) in [5, 5.41) is 0. The summed E-state index contributed by atoms with van der Waals surface area (Å²) < 4.78 is 0. The van der Waals surface area contributed by atoms with Crippen molar-refractivity contribution < 1.29 is 4.79 Å². The SMILES string of the molecule is CC(C)=CCCC(C)=CCCC(C)=CCN1CCCC1C=O. The molecule has 1 aliphatic heterocycles. The van der Waals surface area contributed by atoms with E-state index in [0.717, 1.165) is 51.5 Å². The summed E-state index contributed by atoms with van der Waals surface area (Å²) in [5.41, 5.74) is 4.33. The van der Waals surface area contributed by atoms with Crippen LogP contribution in [0.3, 0.4) is 0 Å². The average molecular weight is 303 g/mol. The summed E-state index contributed by atoms with van der Waals surface area (Å²) in [6.45, 7) is 10.7. The number of carbonyl (C=O) groups is 1. The molecule has 0 bridgehead atoms. The topological polar surface area (TPSA) is 20.3 Å². The van der Waals surface area contributed by atoms with Crippen LogP contribution in [0.25, 0.3) is 0 Å². The molecule has 1 rings (SSSR count). The van der Waals surface area contributed by atoms with Gasteiger partial charge in [0.2, 0.25) is 0 Å². The van der Waals surface area contributed by atoms with Gasteiger partial charge in [-0.3, -0.25) is 4.90 Å². The summed E-state index contributed by atoms with van der Waals surface area (Å²) in [7, 11) is 0. The zero-order valence-electron chi connectivity index (χ0n) is 14.9. The van der Waals surface area contributed by atoms with Gasteiger partial charge in [0, 0.05) is 6.54 Å². The van der Waals surface area contributed by atoms with Gasteiger partial charge >= 0.3 is 0 Å². The van der Waals surface area contributed by atoms with Crippen molar-refractivity contribution >= 4 is 6.29 Å². The Morgan fingerprint density at radius 3 is 2.27 bits per heavy atom. The van der Waals surface area contributed by atoms with E-state index < -0.39 is 0 Å². The van der Waals surface area contributed by atoms with Crippen molar-refractivity contribution in [1.82, 2.24) is 4.90 Å². The van der Waals surface area contributed by atoms with E-state index in [1.54, 1.807) is 0 Å². The Kier molecular flexibility index (Phi) is 9.07. The average Bonchev–Trinajstić information content (AvgIpc) is 2.92. The van der Waals surface area contributed by atoms with Crippen LogP contribution in [-0.4, -0.2) is 30.3 Å². The highest BCUT2D eigenvalue weighted by atomic mass is 16.1.